The highest BCUT2D eigenvalue weighted by Gasteiger charge is 2.35. The molecular weight excluding hydrogens is 322 g/mol. The lowest BCUT2D eigenvalue weighted by Gasteiger charge is -2.31. The summed E-state index contributed by atoms with van der Waals surface area (Å²) < 4.78 is 10.4. The molecule has 1 aromatic rings. The van der Waals surface area contributed by atoms with Gasteiger partial charge in [-0.1, -0.05) is 29.8 Å². The zero-order valence-corrected chi connectivity index (χ0v) is 14.6. The van der Waals surface area contributed by atoms with Crippen LogP contribution < -0.4 is 15.5 Å². The zero-order valence-electron chi connectivity index (χ0n) is 14.6. The van der Waals surface area contributed by atoms with Gasteiger partial charge in [-0.3, -0.25) is 0 Å². The third-order valence-corrected chi connectivity index (χ3v) is 4.60. The number of urea groups is 1. The zero-order chi connectivity index (χ0) is 17.8. The standard InChI is InChI=1S/C18H23N3O4/c1-12-3-5-13(6-4-12)16-15(17(22)24-2)14(19-18(23)20-16)11-21-7-9-25-10-8-21/h3-6,16H,7-11H2,1-2H3,(H2,19,20,23)/p+1/t16-/m0/s1. The number of morpholine rings is 1. The van der Waals surface area contributed by atoms with Crippen LogP contribution in [0, 0.1) is 6.92 Å². The van der Waals surface area contributed by atoms with Gasteiger partial charge in [-0.2, -0.15) is 0 Å². The molecule has 134 valence electrons. The van der Waals surface area contributed by atoms with E-state index < -0.39 is 12.0 Å². The lowest BCUT2D eigenvalue weighted by molar-refractivity contribution is -0.903. The van der Waals surface area contributed by atoms with Gasteiger partial charge in [0.15, 0.2) is 0 Å². The van der Waals surface area contributed by atoms with Crippen LogP contribution in [0.1, 0.15) is 17.2 Å². The van der Waals surface area contributed by atoms with Crippen LogP contribution in [-0.4, -0.2) is 52.0 Å². The number of nitrogens with one attached hydrogen (secondary N) is 3. The number of quaternary nitrogens is 1. The van der Waals surface area contributed by atoms with Crippen molar-refractivity contribution in [2.24, 2.45) is 0 Å². The Morgan fingerprint density at radius 1 is 1.28 bits per heavy atom. The number of hydrogen-bond acceptors (Lipinski definition) is 4. The highest BCUT2D eigenvalue weighted by Crippen LogP contribution is 2.27. The van der Waals surface area contributed by atoms with Crippen LogP contribution in [0.25, 0.3) is 0 Å². The van der Waals surface area contributed by atoms with E-state index in [-0.39, 0.29) is 6.03 Å². The van der Waals surface area contributed by atoms with Crippen molar-refractivity contribution in [3.05, 3.63) is 46.7 Å². The summed E-state index contributed by atoms with van der Waals surface area (Å²) in [5.41, 5.74) is 3.06. The van der Waals surface area contributed by atoms with Gasteiger partial charge in [0.25, 0.3) is 0 Å². The molecule has 1 saturated heterocycles. The number of methoxy groups -OCH3 is 1. The first kappa shape index (κ1) is 17.4. The van der Waals surface area contributed by atoms with Crippen molar-refractivity contribution in [1.82, 2.24) is 10.6 Å². The maximum absolute atomic E-state index is 12.5. The van der Waals surface area contributed by atoms with E-state index in [2.05, 4.69) is 10.6 Å². The first-order valence-corrected chi connectivity index (χ1v) is 8.45. The predicted octanol–water partition coefficient (Wildman–Crippen LogP) is -0.309. The molecule has 7 nitrogen and oxygen atoms in total. The molecule has 0 spiro atoms. The van der Waals surface area contributed by atoms with E-state index in [1.807, 2.05) is 31.2 Å². The Morgan fingerprint density at radius 2 is 1.96 bits per heavy atom. The molecular formula is C18H24N3O4+. The SMILES string of the molecule is COC(=O)C1=C(C[NH+]2CCOCC2)NC(=O)N[C@H]1c1ccc(C)cc1. The van der Waals surface area contributed by atoms with Gasteiger partial charge in [0.2, 0.25) is 0 Å². The molecule has 0 saturated carbocycles. The molecule has 25 heavy (non-hydrogen) atoms. The Bertz CT molecular complexity index is 678. The lowest BCUT2D eigenvalue weighted by atomic mass is 9.94. The molecule has 0 bridgehead atoms. The van der Waals surface area contributed by atoms with E-state index in [1.165, 1.54) is 12.0 Å². The Labute approximate surface area is 147 Å². The van der Waals surface area contributed by atoms with Crippen molar-refractivity contribution < 1.29 is 24.0 Å². The second-order valence-electron chi connectivity index (χ2n) is 6.37. The highest BCUT2D eigenvalue weighted by molar-refractivity contribution is 5.95. The fourth-order valence-electron chi connectivity index (χ4n) is 3.20. The van der Waals surface area contributed by atoms with Crippen molar-refractivity contribution in [2.45, 2.75) is 13.0 Å². The number of ether oxygens (including phenoxy) is 2. The van der Waals surface area contributed by atoms with E-state index in [0.717, 1.165) is 24.2 Å². The number of benzene rings is 1. The van der Waals surface area contributed by atoms with E-state index >= 15 is 0 Å². The molecule has 0 unspecified atom stereocenters. The predicted molar refractivity (Wildman–Crippen MR) is 91.0 cm³/mol. The third-order valence-electron chi connectivity index (χ3n) is 4.60. The Morgan fingerprint density at radius 3 is 2.60 bits per heavy atom. The number of rotatable bonds is 4. The summed E-state index contributed by atoms with van der Waals surface area (Å²) in [5, 5.41) is 5.65. The summed E-state index contributed by atoms with van der Waals surface area (Å²) in [6.07, 6.45) is 0. The molecule has 0 radical (unpaired) electrons. The van der Waals surface area contributed by atoms with Crippen molar-refractivity contribution in [1.29, 1.82) is 0 Å². The first-order valence-electron chi connectivity index (χ1n) is 8.45. The number of esters is 1. The average Bonchev–Trinajstić information content (AvgIpc) is 2.62. The normalized spacial score (nSPS) is 21.5. The van der Waals surface area contributed by atoms with Gasteiger partial charge in [-0.15, -0.1) is 0 Å². The van der Waals surface area contributed by atoms with Crippen molar-refractivity contribution in [2.75, 3.05) is 40.0 Å². The van der Waals surface area contributed by atoms with E-state index in [4.69, 9.17) is 9.47 Å². The Balaban J connectivity index is 1.96. The van der Waals surface area contributed by atoms with Gasteiger partial charge in [0, 0.05) is 0 Å². The van der Waals surface area contributed by atoms with Gasteiger partial charge < -0.3 is 25.0 Å². The fraction of sp³-hybridized carbons (Fsp3) is 0.444. The largest absolute Gasteiger partial charge is 0.466 e. The molecule has 2 heterocycles. The molecule has 3 rings (SSSR count). The Kier molecular flexibility index (Phi) is 5.35. The molecule has 1 atom stereocenters. The minimum atomic E-state index is -0.516. The molecule has 1 fully saturated rings. The molecule has 3 N–H and O–H groups in total. The van der Waals surface area contributed by atoms with Crippen LogP contribution >= 0.6 is 0 Å². The quantitative estimate of drug-likeness (QED) is 0.654. The van der Waals surface area contributed by atoms with Gasteiger partial charge in [-0.25, -0.2) is 9.59 Å². The summed E-state index contributed by atoms with van der Waals surface area (Å²) in [6.45, 7) is 5.61. The second kappa shape index (κ2) is 7.67. The lowest BCUT2D eigenvalue weighted by Crippen LogP contribution is -3.14. The van der Waals surface area contributed by atoms with Crippen LogP contribution in [0.2, 0.25) is 0 Å². The van der Waals surface area contributed by atoms with Crippen molar-refractivity contribution >= 4 is 12.0 Å². The second-order valence-corrected chi connectivity index (χ2v) is 6.37. The number of carbonyl (C=O) groups is 2. The molecule has 2 aliphatic heterocycles. The van der Waals surface area contributed by atoms with Crippen LogP contribution in [0.5, 0.6) is 0 Å². The first-order chi connectivity index (χ1) is 12.1. The fourth-order valence-corrected chi connectivity index (χ4v) is 3.20. The molecule has 2 aliphatic rings. The molecule has 0 aliphatic carbocycles. The van der Waals surface area contributed by atoms with Gasteiger partial charge >= 0.3 is 12.0 Å². The smallest absolute Gasteiger partial charge is 0.338 e. The number of amides is 2. The summed E-state index contributed by atoms with van der Waals surface area (Å²) in [4.78, 5) is 25.9. The number of aryl methyl sites for hydroxylation is 1. The highest BCUT2D eigenvalue weighted by atomic mass is 16.5. The minimum Gasteiger partial charge on any atom is -0.466 e. The summed E-state index contributed by atoms with van der Waals surface area (Å²) in [7, 11) is 1.36. The van der Waals surface area contributed by atoms with Crippen LogP contribution in [0.4, 0.5) is 4.79 Å². The number of hydrogen-bond donors (Lipinski definition) is 3. The number of carbonyl (C=O) groups excluding carboxylic acids is 2. The maximum atomic E-state index is 12.5. The van der Waals surface area contributed by atoms with Crippen LogP contribution in [-0.2, 0) is 14.3 Å². The van der Waals surface area contributed by atoms with Crippen molar-refractivity contribution in [3.63, 3.8) is 0 Å². The van der Waals surface area contributed by atoms with E-state index in [0.29, 0.717) is 31.0 Å². The average molecular weight is 346 g/mol. The van der Waals surface area contributed by atoms with E-state index in [1.54, 1.807) is 0 Å². The van der Waals surface area contributed by atoms with Gasteiger partial charge in [-0.05, 0) is 12.5 Å². The van der Waals surface area contributed by atoms with E-state index in [9.17, 15) is 9.59 Å². The summed E-state index contributed by atoms with van der Waals surface area (Å²) in [6, 6.07) is 6.95. The molecule has 2 amide bonds. The third kappa shape index (κ3) is 4.00. The van der Waals surface area contributed by atoms with Gasteiger partial charge in [0.05, 0.1) is 37.6 Å². The van der Waals surface area contributed by atoms with Gasteiger partial charge in [0.1, 0.15) is 19.6 Å². The summed E-state index contributed by atoms with van der Waals surface area (Å²) in [5.74, 6) is -0.430. The van der Waals surface area contributed by atoms with Crippen LogP contribution in [0.15, 0.2) is 35.5 Å². The van der Waals surface area contributed by atoms with Crippen LogP contribution in [0.3, 0.4) is 0 Å². The monoisotopic (exact) mass is 346 g/mol. The minimum absolute atomic E-state index is 0.305. The molecule has 7 heteroatoms. The van der Waals surface area contributed by atoms with Crippen molar-refractivity contribution in [3.8, 4) is 0 Å². The molecule has 1 aromatic carbocycles. The molecule has 0 aromatic heterocycles. The maximum Gasteiger partial charge on any atom is 0.338 e. The topological polar surface area (TPSA) is 81.1 Å². The summed E-state index contributed by atoms with van der Waals surface area (Å²) >= 11 is 0. The Hall–Kier alpha value is -2.38.